The van der Waals surface area contributed by atoms with Gasteiger partial charge in [0.05, 0.1) is 6.42 Å². The van der Waals surface area contributed by atoms with E-state index < -0.39 is 5.97 Å². The third-order valence-electron chi connectivity index (χ3n) is 4.45. The van der Waals surface area contributed by atoms with Crippen molar-refractivity contribution in [3.63, 3.8) is 0 Å². The van der Waals surface area contributed by atoms with E-state index in [0.29, 0.717) is 12.6 Å². The molecule has 0 aliphatic heterocycles. The summed E-state index contributed by atoms with van der Waals surface area (Å²) in [5.74, 6) is -0.710. The zero-order chi connectivity index (χ0) is 19.3. The first kappa shape index (κ1) is 25.3. The second-order valence-corrected chi connectivity index (χ2v) is 6.92. The summed E-state index contributed by atoms with van der Waals surface area (Å²) >= 11 is 0. The molecule has 0 aromatic heterocycles. The number of unbranched alkanes of at least 4 members (excludes halogenated alkanes) is 1. The van der Waals surface area contributed by atoms with Gasteiger partial charge >= 0.3 is 5.97 Å². The lowest BCUT2D eigenvalue weighted by Crippen LogP contribution is -2.32. The first-order valence-corrected chi connectivity index (χ1v) is 10.5. The lowest BCUT2D eigenvalue weighted by atomic mass is 9.95. The predicted molar refractivity (Wildman–Crippen MR) is 109 cm³/mol. The molecule has 1 saturated carbocycles. The van der Waals surface area contributed by atoms with Crippen LogP contribution in [0, 0.1) is 0 Å². The Kier molecular flexibility index (Phi) is 20.0. The highest BCUT2D eigenvalue weighted by Crippen LogP contribution is 2.17. The average molecular weight is 374 g/mol. The number of carboxylic acids is 1. The molecular formula is C19H43N5O2. The van der Waals surface area contributed by atoms with Crippen LogP contribution < -0.4 is 27.4 Å². The molecule has 8 N–H and O–H groups in total. The van der Waals surface area contributed by atoms with Crippen molar-refractivity contribution in [3.8, 4) is 0 Å². The van der Waals surface area contributed by atoms with E-state index in [-0.39, 0.29) is 6.42 Å². The Morgan fingerprint density at radius 2 is 1.31 bits per heavy atom. The second-order valence-electron chi connectivity index (χ2n) is 6.92. The molecule has 0 aromatic carbocycles. The Morgan fingerprint density at radius 1 is 0.808 bits per heavy atom. The highest BCUT2D eigenvalue weighted by Gasteiger charge is 2.12. The summed E-state index contributed by atoms with van der Waals surface area (Å²) in [6, 6.07) is 0.582. The lowest BCUT2D eigenvalue weighted by Gasteiger charge is -2.22. The van der Waals surface area contributed by atoms with Crippen LogP contribution in [0.3, 0.4) is 0 Å². The van der Waals surface area contributed by atoms with Gasteiger partial charge in [0, 0.05) is 12.6 Å². The fraction of sp³-hybridized carbons (Fsp3) is 0.947. The third-order valence-corrected chi connectivity index (χ3v) is 4.45. The highest BCUT2D eigenvalue weighted by molar-refractivity contribution is 5.66. The van der Waals surface area contributed by atoms with Gasteiger partial charge in [-0.1, -0.05) is 19.3 Å². The molecule has 0 heterocycles. The Hall–Kier alpha value is -0.730. The Bertz CT molecular complexity index is 288. The van der Waals surface area contributed by atoms with Gasteiger partial charge in [-0.05, 0) is 77.8 Å². The van der Waals surface area contributed by atoms with Gasteiger partial charge in [-0.25, -0.2) is 0 Å². The van der Waals surface area contributed by atoms with Crippen LogP contribution in [0.5, 0.6) is 0 Å². The second kappa shape index (κ2) is 20.6. The minimum atomic E-state index is -0.710. The number of carboxylic acid groups (broad SMARTS) is 1. The number of hydrogen-bond acceptors (Lipinski definition) is 6. The molecule has 26 heavy (non-hydrogen) atoms. The van der Waals surface area contributed by atoms with Crippen LogP contribution in [-0.2, 0) is 4.79 Å². The molecule has 7 nitrogen and oxygen atoms in total. The van der Waals surface area contributed by atoms with Crippen molar-refractivity contribution in [2.75, 3.05) is 45.8 Å². The van der Waals surface area contributed by atoms with Gasteiger partial charge < -0.3 is 32.5 Å². The Balaban J connectivity index is 0.000000485. The van der Waals surface area contributed by atoms with E-state index in [1.54, 1.807) is 0 Å². The van der Waals surface area contributed by atoms with E-state index in [4.69, 9.17) is 16.6 Å². The predicted octanol–water partition coefficient (Wildman–Crippen LogP) is 1.03. The van der Waals surface area contributed by atoms with E-state index in [1.807, 2.05) is 0 Å². The Labute approximate surface area is 160 Å². The minimum Gasteiger partial charge on any atom is -0.481 e. The lowest BCUT2D eigenvalue weighted by molar-refractivity contribution is -0.136. The van der Waals surface area contributed by atoms with Gasteiger partial charge in [0.25, 0.3) is 0 Å². The van der Waals surface area contributed by atoms with Gasteiger partial charge in [-0.3, -0.25) is 4.79 Å². The molecule has 0 aromatic rings. The van der Waals surface area contributed by atoms with Gasteiger partial charge in [0.1, 0.15) is 0 Å². The summed E-state index contributed by atoms with van der Waals surface area (Å²) in [5, 5.41) is 18.4. The number of rotatable bonds is 15. The van der Waals surface area contributed by atoms with Crippen molar-refractivity contribution < 1.29 is 9.90 Å². The standard InChI is InChI=1S/C10H26N4.C9H17NO2/c11-5-3-9-13-7-1-2-8-14-10-4-6-12;11-9(12)6-7-10-8-4-2-1-3-5-8/h13-14H,1-12H2;8,10H,1-7H2,(H,11,12). The van der Waals surface area contributed by atoms with Crippen molar-refractivity contribution >= 4 is 5.97 Å². The molecule has 0 bridgehead atoms. The molecule has 1 aliphatic carbocycles. The van der Waals surface area contributed by atoms with Crippen molar-refractivity contribution in [2.45, 2.75) is 70.3 Å². The summed E-state index contributed by atoms with van der Waals surface area (Å²) in [5.41, 5.74) is 10.8. The molecule has 0 atom stereocenters. The van der Waals surface area contributed by atoms with Crippen LogP contribution in [0.25, 0.3) is 0 Å². The maximum Gasteiger partial charge on any atom is 0.304 e. The molecule has 7 heteroatoms. The molecule has 1 aliphatic rings. The Morgan fingerprint density at radius 3 is 1.77 bits per heavy atom. The molecule has 0 saturated heterocycles. The van der Waals surface area contributed by atoms with Gasteiger partial charge in [0.15, 0.2) is 0 Å². The smallest absolute Gasteiger partial charge is 0.304 e. The van der Waals surface area contributed by atoms with Crippen LogP contribution in [0.4, 0.5) is 0 Å². The number of carbonyl (C=O) groups is 1. The molecular weight excluding hydrogens is 330 g/mol. The summed E-state index contributed by atoms with van der Waals surface area (Å²) in [7, 11) is 0. The average Bonchev–Trinajstić information content (AvgIpc) is 2.64. The quantitative estimate of drug-likeness (QED) is 0.237. The normalized spacial score (nSPS) is 14.7. The topological polar surface area (TPSA) is 125 Å². The summed E-state index contributed by atoms with van der Waals surface area (Å²) in [4.78, 5) is 10.2. The molecule has 0 unspecified atom stereocenters. The van der Waals surface area contributed by atoms with Crippen LogP contribution in [0.15, 0.2) is 0 Å². The monoisotopic (exact) mass is 373 g/mol. The number of aliphatic carboxylic acids is 1. The van der Waals surface area contributed by atoms with Crippen LogP contribution in [0.1, 0.15) is 64.2 Å². The number of nitrogens with two attached hydrogens (primary N) is 2. The SMILES string of the molecule is NCCCNCCCCNCCCN.O=C(O)CCNC1CCCCC1. The van der Waals surface area contributed by atoms with E-state index in [2.05, 4.69) is 16.0 Å². The van der Waals surface area contributed by atoms with Gasteiger partial charge in [-0.15, -0.1) is 0 Å². The largest absolute Gasteiger partial charge is 0.481 e. The first-order chi connectivity index (χ1) is 12.7. The molecule has 0 amide bonds. The molecule has 1 rings (SSSR count). The fourth-order valence-electron chi connectivity index (χ4n) is 2.89. The third kappa shape index (κ3) is 19.6. The van der Waals surface area contributed by atoms with Crippen molar-refractivity contribution in [1.29, 1.82) is 0 Å². The van der Waals surface area contributed by atoms with E-state index in [0.717, 1.165) is 52.1 Å². The summed E-state index contributed by atoms with van der Waals surface area (Å²) < 4.78 is 0. The van der Waals surface area contributed by atoms with Crippen LogP contribution >= 0.6 is 0 Å². The van der Waals surface area contributed by atoms with Crippen molar-refractivity contribution in [1.82, 2.24) is 16.0 Å². The fourth-order valence-corrected chi connectivity index (χ4v) is 2.89. The van der Waals surface area contributed by atoms with Crippen molar-refractivity contribution in [2.24, 2.45) is 11.5 Å². The summed E-state index contributed by atoms with van der Waals surface area (Å²) in [6.07, 6.45) is 11.3. The molecule has 1 fully saturated rings. The van der Waals surface area contributed by atoms with Crippen molar-refractivity contribution in [3.05, 3.63) is 0 Å². The van der Waals surface area contributed by atoms with E-state index in [9.17, 15) is 4.79 Å². The maximum atomic E-state index is 10.2. The van der Waals surface area contributed by atoms with E-state index >= 15 is 0 Å². The highest BCUT2D eigenvalue weighted by atomic mass is 16.4. The molecule has 0 spiro atoms. The minimum absolute atomic E-state index is 0.247. The van der Waals surface area contributed by atoms with Crippen LogP contribution in [-0.4, -0.2) is 62.9 Å². The van der Waals surface area contributed by atoms with Crippen LogP contribution in [0.2, 0.25) is 0 Å². The zero-order valence-electron chi connectivity index (χ0n) is 16.6. The number of nitrogens with one attached hydrogen (secondary N) is 3. The summed E-state index contributed by atoms with van der Waals surface area (Å²) in [6.45, 7) is 6.52. The number of hydrogen-bond donors (Lipinski definition) is 6. The van der Waals surface area contributed by atoms with Gasteiger partial charge in [-0.2, -0.15) is 0 Å². The molecule has 156 valence electrons. The zero-order valence-corrected chi connectivity index (χ0v) is 16.6. The first-order valence-electron chi connectivity index (χ1n) is 10.5. The maximum absolute atomic E-state index is 10.2. The molecule has 0 radical (unpaired) electrons. The van der Waals surface area contributed by atoms with E-state index in [1.165, 1.54) is 44.9 Å². The van der Waals surface area contributed by atoms with Gasteiger partial charge in [0.2, 0.25) is 0 Å².